The lowest BCUT2D eigenvalue weighted by atomic mass is 9.51. The van der Waals surface area contributed by atoms with Gasteiger partial charge in [0, 0.05) is 32.1 Å². The summed E-state index contributed by atoms with van der Waals surface area (Å²) in [5.74, 6) is -8.42. The number of aliphatic hydroxyl groups excluding tert-OH is 1. The van der Waals surface area contributed by atoms with E-state index in [1.807, 2.05) is 0 Å². The van der Waals surface area contributed by atoms with Crippen LogP contribution in [-0.4, -0.2) is 92.6 Å². The molecule has 3 N–H and O–H groups in total. The van der Waals surface area contributed by atoms with Crippen LogP contribution >= 0.6 is 11.6 Å². The van der Waals surface area contributed by atoms with Crippen LogP contribution in [0.1, 0.15) is 41.0 Å². The fourth-order valence-corrected chi connectivity index (χ4v) is 6.77. The number of aliphatic hydroxyl groups is 3. The number of fused-ring (bicyclic) bond motifs is 3. The molecule has 1 unspecified atom stereocenters. The molecule has 216 valence electrons. The zero-order valence-corrected chi connectivity index (χ0v) is 23.0. The second-order valence-corrected chi connectivity index (χ2v) is 11.5. The number of ether oxygens (including phenoxy) is 5. The fourth-order valence-electron chi connectivity index (χ4n) is 6.43. The van der Waals surface area contributed by atoms with Gasteiger partial charge in [0.2, 0.25) is 0 Å². The van der Waals surface area contributed by atoms with E-state index in [0.29, 0.717) is 0 Å². The number of hydrogen-bond acceptors (Lipinski definition) is 12. The number of allylic oxidation sites excluding steroid dienone is 1. The number of rotatable bonds is 3. The van der Waals surface area contributed by atoms with Gasteiger partial charge in [0.15, 0.2) is 17.8 Å². The van der Waals surface area contributed by atoms with Crippen molar-refractivity contribution in [1.82, 2.24) is 0 Å². The Hall–Kier alpha value is -2.51. The second-order valence-electron chi connectivity index (χ2n) is 11.0. The second kappa shape index (κ2) is 9.55. The molecule has 0 aromatic carbocycles. The van der Waals surface area contributed by atoms with E-state index in [0.717, 1.165) is 20.8 Å². The number of esters is 4. The molecule has 0 aromatic rings. The van der Waals surface area contributed by atoms with E-state index in [2.05, 4.69) is 6.58 Å². The third-order valence-electron chi connectivity index (χ3n) is 8.66. The monoisotopic (exact) mass is 572 g/mol. The summed E-state index contributed by atoms with van der Waals surface area (Å²) in [7, 11) is 0. The number of carbonyl (C=O) groups is 4. The van der Waals surface area contributed by atoms with Gasteiger partial charge in [0.05, 0.1) is 17.9 Å². The van der Waals surface area contributed by atoms with Crippen molar-refractivity contribution in [3.8, 4) is 0 Å². The van der Waals surface area contributed by atoms with Crippen molar-refractivity contribution in [2.45, 2.75) is 87.8 Å². The third-order valence-corrected chi connectivity index (χ3v) is 9.17. The van der Waals surface area contributed by atoms with Crippen LogP contribution in [0.5, 0.6) is 0 Å². The summed E-state index contributed by atoms with van der Waals surface area (Å²) in [5, 5.41) is 34.7. The lowest BCUT2D eigenvalue weighted by Gasteiger charge is -2.59. The topological polar surface area (TPSA) is 178 Å². The molecule has 4 aliphatic rings. The minimum absolute atomic E-state index is 0.219. The highest BCUT2D eigenvalue weighted by molar-refractivity contribution is 6.23. The molecule has 0 amide bonds. The Morgan fingerprint density at radius 1 is 1.13 bits per heavy atom. The van der Waals surface area contributed by atoms with Crippen molar-refractivity contribution >= 4 is 35.5 Å². The first-order valence-electron chi connectivity index (χ1n) is 12.5. The van der Waals surface area contributed by atoms with E-state index in [1.54, 1.807) is 0 Å². The van der Waals surface area contributed by atoms with E-state index < -0.39 is 94.3 Å². The predicted molar refractivity (Wildman–Crippen MR) is 131 cm³/mol. The quantitative estimate of drug-likeness (QED) is 0.138. The van der Waals surface area contributed by atoms with Crippen LogP contribution in [-0.2, 0) is 42.9 Å². The molecule has 1 saturated carbocycles. The van der Waals surface area contributed by atoms with Gasteiger partial charge in [-0.25, -0.2) is 0 Å². The number of epoxide rings is 1. The smallest absolute Gasteiger partial charge is 0.312 e. The zero-order valence-electron chi connectivity index (χ0n) is 22.2. The average Bonchev–Trinajstić information content (AvgIpc) is 3.61. The molecule has 2 heterocycles. The maximum Gasteiger partial charge on any atom is 0.312 e. The van der Waals surface area contributed by atoms with Crippen molar-refractivity contribution in [3.05, 3.63) is 24.3 Å². The first kappa shape index (κ1) is 29.5. The summed E-state index contributed by atoms with van der Waals surface area (Å²) in [6, 6.07) is 0. The first-order chi connectivity index (χ1) is 18.0. The summed E-state index contributed by atoms with van der Waals surface area (Å²) in [4.78, 5) is 49.3. The van der Waals surface area contributed by atoms with Crippen LogP contribution in [0.3, 0.4) is 0 Å². The Balaban J connectivity index is 2.02. The number of hydrogen-bond donors (Lipinski definition) is 3. The van der Waals surface area contributed by atoms with E-state index >= 15 is 0 Å². The van der Waals surface area contributed by atoms with Crippen molar-refractivity contribution in [2.75, 3.05) is 6.61 Å². The van der Waals surface area contributed by atoms with E-state index in [9.17, 15) is 34.5 Å². The molecule has 1 spiro atoms. The lowest BCUT2D eigenvalue weighted by Crippen LogP contribution is -2.77. The van der Waals surface area contributed by atoms with Gasteiger partial charge in [0.25, 0.3) is 5.79 Å². The molecule has 39 heavy (non-hydrogen) atoms. The van der Waals surface area contributed by atoms with Crippen LogP contribution in [0.25, 0.3) is 0 Å². The normalized spacial score (nSPS) is 47.8. The molecule has 2 aliphatic heterocycles. The van der Waals surface area contributed by atoms with Crippen LogP contribution in [0.4, 0.5) is 0 Å². The highest BCUT2D eigenvalue weighted by atomic mass is 35.5. The summed E-state index contributed by atoms with van der Waals surface area (Å²) < 4.78 is 27.6. The van der Waals surface area contributed by atoms with Gasteiger partial charge in [-0.1, -0.05) is 19.6 Å². The molecular weight excluding hydrogens is 540 g/mol. The maximum absolute atomic E-state index is 12.7. The van der Waals surface area contributed by atoms with E-state index in [1.165, 1.54) is 26.0 Å². The molecule has 2 saturated heterocycles. The molecular formula is C26H33ClO12. The maximum atomic E-state index is 12.7. The SMILES string of the molecule is C=C1/C=C/[C@H](OC(C)=O)[C@]2(C)[C@@H](O)C(OC(C)=O)[C@@](O)(OC(C)=O)[C@]3(CO3)[C@H]2C[C@@]2(O)[C@@H](C)C(=O)O[C@H]2[C@H]1Cl. The Labute approximate surface area is 229 Å². The largest absolute Gasteiger partial charge is 0.458 e. The minimum atomic E-state index is -2.73. The Morgan fingerprint density at radius 3 is 2.23 bits per heavy atom. The zero-order chi connectivity index (χ0) is 29.3. The van der Waals surface area contributed by atoms with Gasteiger partial charge in [0.1, 0.15) is 17.8 Å². The Kier molecular flexibility index (Phi) is 7.22. The molecule has 12 nitrogen and oxygen atoms in total. The third kappa shape index (κ3) is 4.28. The number of alkyl halides is 1. The van der Waals surface area contributed by atoms with Crippen molar-refractivity contribution in [2.24, 2.45) is 17.3 Å². The van der Waals surface area contributed by atoms with Crippen LogP contribution in [0.2, 0.25) is 0 Å². The molecule has 11 atom stereocenters. The van der Waals surface area contributed by atoms with E-state index in [4.69, 9.17) is 35.3 Å². The molecule has 0 aromatic heterocycles. The fraction of sp³-hybridized carbons (Fsp3) is 0.692. The summed E-state index contributed by atoms with van der Waals surface area (Å²) in [5.41, 5.74) is -5.34. The molecule has 13 heteroatoms. The van der Waals surface area contributed by atoms with Gasteiger partial charge in [-0.15, -0.1) is 11.6 Å². The van der Waals surface area contributed by atoms with Crippen LogP contribution in [0.15, 0.2) is 24.3 Å². The Morgan fingerprint density at radius 2 is 1.72 bits per heavy atom. The van der Waals surface area contributed by atoms with Gasteiger partial charge >= 0.3 is 23.9 Å². The standard InChI is InChI=1S/C26H33ClO12/c1-11-7-8-17(36-13(3)28)23(6)16(9-24(33)12(2)22(32)38-20(24)18(11)27)25(10-35-25)26(34,39-15(5)30)21(19(23)31)37-14(4)29/h7-8,12,16-21,31,33-34H,1,9-10H2,2-6H3/b8-7+/t12-,16-,17-,18-,19-,20-,21?,23+,24+,25-,26+/m0/s1. The molecule has 3 fully saturated rings. The average molecular weight is 573 g/mol. The van der Waals surface area contributed by atoms with Crippen molar-refractivity contribution in [1.29, 1.82) is 0 Å². The van der Waals surface area contributed by atoms with Gasteiger partial charge in [-0.2, -0.15) is 0 Å². The molecule has 0 radical (unpaired) electrons. The summed E-state index contributed by atoms with van der Waals surface area (Å²) in [6.45, 7) is 9.77. The van der Waals surface area contributed by atoms with Gasteiger partial charge < -0.3 is 39.0 Å². The van der Waals surface area contributed by atoms with Crippen LogP contribution < -0.4 is 0 Å². The molecule has 2 aliphatic carbocycles. The predicted octanol–water partition coefficient (Wildman–Crippen LogP) is 0.284. The van der Waals surface area contributed by atoms with Crippen LogP contribution in [0, 0.1) is 17.3 Å². The van der Waals surface area contributed by atoms with E-state index in [-0.39, 0.29) is 12.2 Å². The summed E-state index contributed by atoms with van der Waals surface area (Å²) >= 11 is 6.62. The van der Waals surface area contributed by atoms with Gasteiger partial charge in [-0.05, 0) is 25.0 Å². The Bertz CT molecular complexity index is 1130. The number of halogens is 1. The molecule has 4 rings (SSSR count). The summed E-state index contributed by atoms with van der Waals surface area (Å²) in [6.07, 6.45) is -3.93. The number of carbonyl (C=O) groups excluding carboxylic acids is 4. The lowest BCUT2D eigenvalue weighted by molar-refractivity contribution is -0.349. The van der Waals surface area contributed by atoms with Gasteiger partial charge in [-0.3, -0.25) is 19.2 Å². The first-order valence-corrected chi connectivity index (χ1v) is 12.9. The van der Waals surface area contributed by atoms with Crippen molar-refractivity contribution in [3.63, 3.8) is 0 Å². The highest BCUT2D eigenvalue weighted by Gasteiger charge is 2.83. The highest BCUT2D eigenvalue weighted by Crippen LogP contribution is 2.64. The molecule has 0 bridgehead atoms. The van der Waals surface area contributed by atoms with Crippen molar-refractivity contribution < 1.29 is 58.2 Å². The minimum Gasteiger partial charge on any atom is -0.458 e.